The molecule has 0 saturated carbocycles. The molecule has 2 nitrogen and oxygen atoms in total. The van der Waals surface area contributed by atoms with E-state index in [1.165, 1.54) is 4.88 Å². The second kappa shape index (κ2) is 7.03. The number of allylic oxidation sites excluding steroid dienone is 3. The molecule has 0 atom stereocenters. The summed E-state index contributed by atoms with van der Waals surface area (Å²) < 4.78 is 5.54. The molecule has 1 aromatic rings. The van der Waals surface area contributed by atoms with Crippen LogP contribution in [0.5, 0.6) is 0 Å². The van der Waals surface area contributed by atoms with Gasteiger partial charge in [-0.3, -0.25) is 0 Å². The second-order valence-electron chi connectivity index (χ2n) is 3.84. The standard InChI is InChI=1S/C15H19NOS/c1-5-12(8-14(6-2)17-7-3)15-11(4)18-10-13(15)9-16/h6,8,10H,5,7H2,1-4H3/b12-8-,14-6?. The van der Waals surface area contributed by atoms with Crippen molar-refractivity contribution in [2.75, 3.05) is 6.61 Å². The molecular formula is C15H19NOS. The topological polar surface area (TPSA) is 33.0 Å². The number of hydrogen-bond donors (Lipinski definition) is 0. The molecule has 0 aliphatic rings. The quantitative estimate of drug-likeness (QED) is 0.570. The summed E-state index contributed by atoms with van der Waals surface area (Å²) >= 11 is 1.62. The first-order chi connectivity index (χ1) is 8.67. The van der Waals surface area contributed by atoms with Crippen molar-refractivity contribution in [2.24, 2.45) is 0 Å². The van der Waals surface area contributed by atoms with E-state index in [0.29, 0.717) is 6.61 Å². The first-order valence-electron chi connectivity index (χ1n) is 6.16. The lowest BCUT2D eigenvalue weighted by atomic mass is 9.99. The highest BCUT2D eigenvalue weighted by atomic mass is 32.1. The van der Waals surface area contributed by atoms with Gasteiger partial charge in [0.2, 0.25) is 0 Å². The maximum atomic E-state index is 9.15. The number of rotatable bonds is 5. The maximum Gasteiger partial charge on any atom is 0.115 e. The van der Waals surface area contributed by atoms with Gasteiger partial charge in [-0.25, -0.2) is 0 Å². The number of aryl methyl sites for hydroxylation is 1. The third kappa shape index (κ3) is 3.24. The van der Waals surface area contributed by atoms with Crippen molar-refractivity contribution in [3.05, 3.63) is 39.3 Å². The van der Waals surface area contributed by atoms with Crippen molar-refractivity contribution in [1.29, 1.82) is 5.26 Å². The van der Waals surface area contributed by atoms with Gasteiger partial charge in [0.1, 0.15) is 11.8 Å². The lowest BCUT2D eigenvalue weighted by Gasteiger charge is -2.09. The Kier molecular flexibility index (Phi) is 5.67. The molecule has 0 aliphatic carbocycles. The predicted molar refractivity (Wildman–Crippen MR) is 77.4 cm³/mol. The Balaban J connectivity index is 3.21. The molecule has 1 rings (SSSR count). The number of nitrogens with zero attached hydrogens (tertiary/aromatic N) is 1. The molecule has 0 amide bonds. The molecular weight excluding hydrogens is 242 g/mol. The van der Waals surface area contributed by atoms with E-state index >= 15 is 0 Å². The summed E-state index contributed by atoms with van der Waals surface area (Å²) in [4.78, 5) is 1.19. The van der Waals surface area contributed by atoms with Gasteiger partial charge in [0.25, 0.3) is 0 Å². The average Bonchev–Trinajstić information content (AvgIpc) is 2.75. The summed E-state index contributed by atoms with van der Waals surface area (Å²) in [6.07, 6.45) is 4.88. The molecule has 1 aromatic heterocycles. The monoisotopic (exact) mass is 261 g/mol. The van der Waals surface area contributed by atoms with Crippen LogP contribution in [0.4, 0.5) is 0 Å². The third-order valence-corrected chi connectivity index (χ3v) is 3.62. The van der Waals surface area contributed by atoms with E-state index in [4.69, 9.17) is 10.00 Å². The van der Waals surface area contributed by atoms with Crippen molar-refractivity contribution < 1.29 is 4.74 Å². The van der Waals surface area contributed by atoms with Crippen molar-refractivity contribution in [3.63, 3.8) is 0 Å². The molecule has 3 heteroatoms. The van der Waals surface area contributed by atoms with E-state index in [1.54, 1.807) is 11.3 Å². The van der Waals surface area contributed by atoms with E-state index in [1.807, 2.05) is 31.4 Å². The maximum absolute atomic E-state index is 9.15. The van der Waals surface area contributed by atoms with Crippen molar-refractivity contribution in [1.82, 2.24) is 0 Å². The van der Waals surface area contributed by atoms with E-state index in [2.05, 4.69) is 19.9 Å². The van der Waals surface area contributed by atoms with Gasteiger partial charge in [-0.1, -0.05) is 6.92 Å². The Bertz CT molecular complexity index is 503. The van der Waals surface area contributed by atoms with Gasteiger partial charge in [-0.05, 0) is 44.9 Å². The minimum absolute atomic E-state index is 0.654. The Hall–Kier alpha value is -1.53. The van der Waals surface area contributed by atoms with Crippen LogP contribution in [0.2, 0.25) is 0 Å². The fraction of sp³-hybridized carbons (Fsp3) is 0.400. The highest BCUT2D eigenvalue weighted by Crippen LogP contribution is 2.31. The molecule has 0 aliphatic heterocycles. The van der Waals surface area contributed by atoms with Gasteiger partial charge >= 0.3 is 0 Å². The van der Waals surface area contributed by atoms with Gasteiger partial charge in [-0.2, -0.15) is 5.26 Å². The fourth-order valence-corrected chi connectivity index (χ4v) is 2.66. The minimum atomic E-state index is 0.654. The van der Waals surface area contributed by atoms with Crippen LogP contribution < -0.4 is 0 Å². The summed E-state index contributed by atoms with van der Waals surface area (Å²) in [5, 5.41) is 11.1. The van der Waals surface area contributed by atoms with Gasteiger partial charge in [0, 0.05) is 15.8 Å². The lowest BCUT2D eigenvalue weighted by Crippen LogP contribution is -1.92. The zero-order valence-electron chi connectivity index (χ0n) is 11.4. The molecule has 1 heterocycles. The average molecular weight is 261 g/mol. The molecule has 96 valence electrons. The van der Waals surface area contributed by atoms with Gasteiger partial charge in [-0.15, -0.1) is 11.3 Å². The van der Waals surface area contributed by atoms with E-state index in [-0.39, 0.29) is 0 Å². The summed E-state index contributed by atoms with van der Waals surface area (Å²) in [6.45, 7) is 8.74. The van der Waals surface area contributed by atoms with Crippen LogP contribution in [0.1, 0.15) is 43.2 Å². The lowest BCUT2D eigenvalue weighted by molar-refractivity contribution is 0.242. The number of ether oxygens (including phenoxy) is 1. The highest BCUT2D eigenvalue weighted by molar-refractivity contribution is 7.10. The highest BCUT2D eigenvalue weighted by Gasteiger charge is 2.12. The minimum Gasteiger partial charge on any atom is -0.494 e. The van der Waals surface area contributed by atoms with Crippen LogP contribution in [0.3, 0.4) is 0 Å². The molecule has 0 unspecified atom stereocenters. The predicted octanol–water partition coefficient (Wildman–Crippen LogP) is 4.66. The van der Waals surface area contributed by atoms with Crippen LogP contribution >= 0.6 is 11.3 Å². The Morgan fingerprint density at radius 3 is 2.72 bits per heavy atom. The molecule has 0 N–H and O–H groups in total. The van der Waals surface area contributed by atoms with Crippen LogP contribution in [0.25, 0.3) is 5.57 Å². The normalized spacial score (nSPS) is 12.4. The number of thiophene rings is 1. The van der Waals surface area contributed by atoms with Gasteiger partial charge in [0.15, 0.2) is 0 Å². The Morgan fingerprint density at radius 1 is 1.50 bits per heavy atom. The first-order valence-corrected chi connectivity index (χ1v) is 7.04. The summed E-state index contributed by atoms with van der Waals surface area (Å²) in [5.74, 6) is 0.865. The molecule has 0 spiro atoms. The molecule has 0 radical (unpaired) electrons. The SMILES string of the molecule is CC=C(/C=C(/CC)c1c(C#N)csc1C)OCC. The van der Waals surface area contributed by atoms with Crippen LogP contribution in [0, 0.1) is 18.3 Å². The number of nitriles is 1. The van der Waals surface area contributed by atoms with Gasteiger partial charge < -0.3 is 4.74 Å². The van der Waals surface area contributed by atoms with Crippen molar-refractivity contribution in [3.8, 4) is 6.07 Å². The molecule has 0 bridgehead atoms. The Labute approximate surface area is 113 Å². The first kappa shape index (κ1) is 14.5. The van der Waals surface area contributed by atoms with Crippen molar-refractivity contribution >= 4 is 16.9 Å². The molecule has 0 saturated heterocycles. The fourth-order valence-electron chi connectivity index (χ4n) is 1.83. The van der Waals surface area contributed by atoms with E-state index in [9.17, 15) is 0 Å². The van der Waals surface area contributed by atoms with Crippen LogP contribution in [-0.4, -0.2) is 6.61 Å². The number of hydrogen-bond acceptors (Lipinski definition) is 3. The van der Waals surface area contributed by atoms with E-state index < -0.39 is 0 Å². The summed E-state index contributed by atoms with van der Waals surface area (Å²) in [6, 6.07) is 2.26. The molecule has 18 heavy (non-hydrogen) atoms. The zero-order valence-corrected chi connectivity index (χ0v) is 12.2. The molecule has 0 fully saturated rings. The molecule has 0 aromatic carbocycles. The van der Waals surface area contributed by atoms with Crippen LogP contribution in [-0.2, 0) is 4.74 Å². The van der Waals surface area contributed by atoms with E-state index in [0.717, 1.165) is 28.9 Å². The third-order valence-electron chi connectivity index (χ3n) is 2.71. The smallest absolute Gasteiger partial charge is 0.115 e. The summed E-state index contributed by atoms with van der Waals surface area (Å²) in [5.41, 5.74) is 2.99. The zero-order chi connectivity index (χ0) is 13.5. The van der Waals surface area contributed by atoms with Crippen LogP contribution in [0.15, 0.2) is 23.3 Å². The second-order valence-corrected chi connectivity index (χ2v) is 4.92. The van der Waals surface area contributed by atoms with Gasteiger partial charge in [0.05, 0.1) is 12.2 Å². The Morgan fingerprint density at radius 2 is 2.22 bits per heavy atom. The van der Waals surface area contributed by atoms with Crippen molar-refractivity contribution in [2.45, 2.75) is 34.1 Å². The summed E-state index contributed by atoms with van der Waals surface area (Å²) in [7, 11) is 0. The largest absolute Gasteiger partial charge is 0.494 e.